The number of anilines is 1. The number of fused-ring (bicyclic) bond motifs is 1. The number of amides is 1. The fourth-order valence-corrected chi connectivity index (χ4v) is 2.38. The summed E-state index contributed by atoms with van der Waals surface area (Å²) in [6.45, 7) is 0. The van der Waals surface area contributed by atoms with E-state index in [1.165, 1.54) is 20.4 Å². The number of carbonyl (C=O) groups excluding carboxylic acids is 1. The van der Waals surface area contributed by atoms with Crippen LogP contribution in [-0.2, 0) is 0 Å². The quantitative estimate of drug-likeness (QED) is 0.742. The molecular weight excluding hydrogens is 310 g/mol. The highest BCUT2D eigenvalue weighted by Gasteiger charge is 2.14. The lowest BCUT2D eigenvalue weighted by Crippen LogP contribution is -2.14. The van der Waals surface area contributed by atoms with Crippen LogP contribution in [-0.4, -0.2) is 35.1 Å². The predicted octanol–water partition coefficient (Wildman–Crippen LogP) is 1.39. The lowest BCUT2D eigenvalue weighted by Gasteiger charge is -2.10. The fourth-order valence-electron chi connectivity index (χ4n) is 2.38. The van der Waals surface area contributed by atoms with Crippen molar-refractivity contribution < 1.29 is 14.3 Å². The normalized spacial score (nSPS) is 10.6. The second kappa shape index (κ2) is 5.99. The van der Waals surface area contributed by atoms with Gasteiger partial charge in [-0.05, 0) is 11.6 Å². The largest absolute Gasteiger partial charge is 0.480 e. The number of primary amides is 1. The van der Waals surface area contributed by atoms with Crippen LogP contribution in [0.4, 0.5) is 5.69 Å². The van der Waals surface area contributed by atoms with Gasteiger partial charge in [0.2, 0.25) is 5.88 Å². The van der Waals surface area contributed by atoms with Gasteiger partial charge in [0.15, 0.2) is 0 Å². The van der Waals surface area contributed by atoms with Gasteiger partial charge in [-0.15, -0.1) is 0 Å². The van der Waals surface area contributed by atoms with E-state index in [1.54, 1.807) is 12.3 Å². The van der Waals surface area contributed by atoms with Crippen LogP contribution in [0.1, 0.15) is 10.4 Å². The fraction of sp³-hybridized carbons (Fsp3) is 0.125. The zero-order valence-corrected chi connectivity index (χ0v) is 13.1. The van der Waals surface area contributed by atoms with Crippen LogP contribution < -0.4 is 20.9 Å². The molecule has 4 N–H and O–H groups in total. The molecule has 0 atom stereocenters. The first-order chi connectivity index (χ1) is 11.5. The Labute approximate surface area is 137 Å². The summed E-state index contributed by atoms with van der Waals surface area (Å²) in [5.41, 5.74) is 13.9. The molecule has 0 saturated heterocycles. The minimum absolute atomic E-state index is 0.195. The summed E-state index contributed by atoms with van der Waals surface area (Å²) in [6, 6.07) is 5.61. The molecule has 0 fully saturated rings. The lowest BCUT2D eigenvalue weighted by atomic mass is 10.0. The number of carbonyl (C=O) groups is 1. The molecule has 8 heteroatoms. The Morgan fingerprint density at radius 3 is 2.58 bits per heavy atom. The molecule has 24 heavy (non-hydrogen) atoms. The third kappa shape index (κ3) is 2.54. The van der Waals surface area contributed by atoms with Crippen LogP contribution in [0.25, 0.3) is 22.0 Å². The zero-order chi connectivity index (χ0) is 17.3. The number of nitrogen functional groups attached to an aromatic ring is 1. The summed E-state index contributed by atoms with van der Waals surface area (Å²) in [5, 5.41) is 0.642. The number of hydrogen-bond donors (Lipinski definition) is 2. The molecule has 2 aromatic heterocycles. The molecule has 1 amide bonds. The van der Waals surface area contributed by atoms with Gasteiger partial charge in [0.05, 0.1) is 36.6 Å². The number of nitrogens with two attached hydrogens (primary N) is 2. The second-order valence-electron chi connectivity index (χ2n) is 4.96. The molecule has 0 aliphatic rings. The molecule has 0 spiro atoms. The number of aromatic nitrogens is 3. The highest BCUT2D eigenvalue weighted by Crippen LogP contribution is 2.32. The van der Waals surface area contributed by atoms with E-state index in [2.05, 4.69) is 15.0 Å². The van der Waals surface area contributed by atoms with Crippen molar-refractivity contribution in [2.45, 2.75) is 0 Å². The Morgan fingerprint density at radius 1 is 1.12 bits per heavy atom. The Kier molecular flexibility index (Phi) is 3.87. The Bertz CT molecular complexity index is 942. The monoisotopic (exact) mass is 325 g/mol. The Balaban J connectivity index is 2.15. The van der Waals surface area contributed by atoms with Crippen molar-refractivity contribution in [3.63, 3.8) is 0 Å². The first-order valence-electron chi connectivity index (χ1n) is 6.98. The van der Waals surface area contributed by atoms with Gasteiger partial charge in [-0.3, -0.25) is 9.78 Å². The van der Waals surface area contributed by atoms with E-state index in [0.717, 1.165) is 5.56 Å². The molecule has 122 valence electrons. The maximum Gasteiger partial charge on any atom is 0.319 e. The smallest absolute Gasteiger partial charge is 0.319 e. The number of benzene rings is 1. The summed E-state index contributed by atoms with van der Waals surface area (Å²) >= 11 is 0. The molecule has 0 aliphatic carbocycles. The van der Waals surface area contributed by atoms with Gasteiger partial charge in [0.1, 0.15) is 0 Å². The standard InChI is InChI=1S/C16H15N5O3/c1-23-15-10(6-20-16(21-15)24-2)8-3-4-9-12(5-8)19-7-11(13(9)17)14(18)22/h3-7H,1-2H3,(H2,17,19)(H2,18,22). The molecule has 0 unspecified atom stereocenters. The van der Waals surface area contributed by atoms with Crippen LogP contribution in [0.3, 0.4) is 0 Å². The van der Waals surface area contributed by atoms with E-state index in [1.807, 2.05) is 12.1 Å². The topological polar surface area (TPSA) is 126 Å². The highest BCUT2D eigenvalue weighted by molar-refractivity contribution is 6.06. The van der Waals surface area contributed by atoms with Gasteiger partial charge < -0.3 is 20.9 Å². The van der Waals surface area contributed by atoms with E-state index in [-0.39, 0.29) is 11.6 Å². The molecule has 0 aliphatic heterocycles. The van der Waals surface area contributed by atoms with Gasteiger partial charge in [-0.25, -0.2) is 4.98 Å². The van der Waals surface area contributed by atoms with E-state index >= 15 is 0 Å². The van der Waals surface area contributed by atoms with E-state index in [9.17, 15) is 4.79 Å². The molecule has 0 saturated carbocycles. The Morgan fingerprint density at radius 2 is 1.92 bits per heavy atom. The average Bonchev–Trinajstić information content (AvgIpc) is 2.60. The van der Waals surface area contributed by atoms with Crippen LogP contribution in [0, 0.1) is 0 Å². The van der Waals surface area contributed by atoms with E-state index < -0.39 is 5.91 Å². The van der Waals surface area contributed by atoms with Gasteiger partial charge in [-0.2, -0.15) is 4.98 Å². The second-order valence-corrected chi connectivity index (χ2v) is 4.96. The minimum Gasteiger partial charge on any atom is -0.480 e. The van der Waals surface area contributed by atoms with Gasteiger partial charge in [0.25, 0.3) is 5.91 Å². The van der Waals surface area contributed by atoms with Gasteiger partial charge in [-0.1, -0.05) is 12.1 Å². The number of hydrogen-bond acceptors (Lipinski definition) is 7. The third-order valence-electron chi connectivity index (χ3n) is 3.59. The van der Waals surface area contributed by atoms with Crippen molar-refractivity contribution in [3.8, 4) is 23.0 Å². The molecule has 3 aromatic rings. The number of methoxy groups -OCH3 is 2. The van der Waals surface area contributed by atoms with Crippen molar-refractivity contribution in [2.24, 2.45) is 5.73 Å². The summed E-state index contributed by atoms with van der Waals surface area (Å²) in [7, 11) is 3.00. The van der Waals surface area contributed by atoms with E-state index in [4.69, 9.17) is 20.9 Å². The molecule has 3 rings (SSSR count). The van der Waals surface area contributed by atoms with Crippen molar-refractivity contribution in [3.05, 3.63) is 36.2 Å². The molecule has 2 heterocycles. The Hall–Kier alpha value is -3.42. The van der Waals surface area contributed by atoms with Crippen LogP contribution >= 0.6 is 0 Å². The highest BCUT2D eigenvalue weighted by atomic mass is 16.5. The van der Waals surface area contributed by atoms with Crippen LogP contribution in [0.2, 0.25) is 0 Å². The molecule has 1 aromatic carbocycles. The predicted molar refractivity (Wildman–Crippen MR) is 88.8 cm³/mol. The maximum absolute atomic E-state index is 11.4. The third-order valence-corrected chi connectivity index (χ3v) is 3.59. The van der Waals surface area contributed by atoms with Crippen LogP contribution in [0.15, 0.2) is 30.6 Å². The minimum atomic E-state index is -0.615. The molecular formula is C16H15N5O3. The van der Waals surface area contributed by atoms with Crippen molar-refractivity contribution in [2.75, 3.05) is 20.0 Å². The summed E-state index contributed by atoms with van der Waals surface area (Å²) in [6.07, 6.45) is 2.97. The summed E-state index contributed by atoms with van der Waals surface area (Å²) in [4.78, 5) is 23.9. The molecule has 0 bridgehead atoms. The van der Waals surface area contributed by atoms with E-state index in [0.29, 0.717) is 28.0 Å². The van der Waals surface area contributed by atoms with Crippen molar-refractivity contribution in [1.82, 2.24) is 15.0 Å². The van der Waals surface area contributed by atoms with Gasteiger partial charge in [0, 0.05) is 17.8 Å². The van der Waals surface area contributed by atoms with Crippen molar-refractivity contribution in [1.29, 1.82) is 0 Å². The SMILES string of the molecule is COc1ncc(-c2ccc3c(N)c(C(N)=O)cnc3c2)c(OC)n1. The van der Waals surface area contributed by atoms with Gasteiger partial charge >= 0.3 is 6.01 Å². The first-order valence-corrected chi connectivity index (χ1v) is 6.98. The first kappa shape index (κ1) is 15.5. The number of ether oxygens (including phenoxy) is 2. The maximum atomic E-state index is 11.4. The number of rotatable bonds is 4. The van der Waals surface area contributed by atoms with Crippen LogP contribution in [0.5, 0.6) is 11.9 Å². The summed E-state index contributed by atoms with van der Waals surface area (Å²) in [5.74, 6) is -0.237. The molecule has 0 radical (unpaired) electrons. The lowest BCUT2D eigenvalue weighted by molar-refractivity contribution is 0.100. The molecule has 8 nitrogen and oxygen atoms in total. The zero-order valence-electron chi connectivity index (χ0n) is 13.1. The number of nitrogens with zero attached hydrogens (tertiary/aromatic N) is 3. The average molecular weight is 325 g/mol. The summed E-state index contributed by atoms with van der Waals surface area (Å²) < 4.78 is 10.3. The number of pyridine rings is 1. The van der Waals surface area contributed by atoms with Crippen molar-refractivity contribution >= 4 is 22.5 Å².